The van der Waals surface area contributed by atoms with Crippen molar-refractivity contribution in [2.24, 2.45) is 0 Å². The first kappa shape index (κ1) is 11.5. The molecule has 0 spiro atoms. The maximum absolute atomic E-state index is 5.79. The van der Waals surface area contributed by atoms with E-state index in [1.807, 2.05) is 0 Å². The van der Waals surface area contributed by atoms with Crippen LogP contribution in [0.2, 0.25) is 0 Å². The summed E-state index contributed by atoms with van der Waals surface area (Å²) in [6.45, 7) is 3.99. The van der Waals surface area contributed by atoms with Crippen LogP contribution in [0.1, 0.15) is 28.5 Å². The molecule has 0 saturated heterocycles. The van der Waals surface area contributed by atoms with Gasteiger partial charge in [-0.2, -0.15) is 0 Å². The van der Waals surface area contributed by atoms with E-state index in [9.17, 15) is 0 Å². The predicted molar refractivity (Wildman–Crippen MR) is 70.5 cm³/mol. The molecule has 3 nitrogen and oxygen atoms in total. The largest absolute Gasteiger partial charge is 0.444 e. The molecule has 0 atom stereocenters. The van der Waals surface area contributed by atoms with Crippen LogP contribution >= 0.6 is 0 Å². The fourth-order valence-corrected chi connectivity index (χ4v) is 2.42. The zero-order chi connectivity index (χ0) is 12.4. The Morgan fingerprint density at radius 3 is 3.00 bits per heavy atom. The molecule has 3 rings (SSSR count). The van der Waals surface area contributed by atoms with Gasteiger partial charge in [0, 0.05) is 19.4 Å². The van der Waals surface area contributed by atoms with Gasteiger partial charge in [-0.25, -0.2) is 4.98 Å². The number of aromatic nitrogens is 1. The maximum atomic E-state index is 5.79. The molecule has 0 amide bonds. The third-order valence-corrected chi connectivity index (χ3v) is 3.52. The van der Waals surface area contributed by atoms with E-state index in [1.165, 1.54) is 11.1 Å². The Bertz CT molecular complexity index is 522. The second kappa shape index (κ2) is 4.94. The zero-order valence-corrected chi connectivity index (χ0v) is 10.7. The van der Waals surface area contributed by atoms with Crippen LogP contribution in [0.25, 0.3) is 0 Å². The van der Waals surface area contributed by atoms with Crippen molar-refractivity contribution < 1.29 is 4.42 Å². The quantitative estimate of drug-likeness (QED) is 0.898. The summed E-state index contributed by atoms with van der Waals surface area (Å²) in [7, 11) is 0. The Morgan fingerprint density at radius 2 is 2.17 bits per heavy atom. The lowest BCUT2D eigenvalue weighted by Gasteiger charge is -2.08. The molecule has 1 N–H and O–H groups in total. The Balaban J connectivity index is 1.70. The summed E-state index contributed by atoms with van der Waals surface area (Å²) >= 11 is 0. The van der Waals surface area contributed by atoms with E-state index in [4.69, 9.17) is 4.42 Å². The van der Waals surface area contributed by atoms with Gasteiger partial charge in [0.1, 0.15) is 5.76 Å². The fraction of sp³-hybridized carbons (Fsp3) is 0.400. The summed E-state index contributed by atoms with van der Waals surface area (Å²) in [5.41, 5.74) is 3.87. The molecule has 0 saturated carbocycles. The minimum atomic E-state index is 0.826. The second-order valence-corrected chi connectivity index (χ2v) is 4.83. The number of nitrogens with zero attached hydrogens (tertiary/aromatic N) is 1. The van der Waals surface area contributed by atoms with Crippen LogP contribution in [0.15, 0.2) is 28.7 Å². The Morgan fingerprint density at radius 1 is 1.28 bits per heavy atom. The molecule has 0 bridgehead atoms. The smallest absolute Gasteiger partial charge is 0.195 e. The maximum Gasteiger partial charge on any atom is 0.195 e. The van der Waals surface area contributed by atoms with E-state index >= 15 is 0 Å². The average Bonchev–Trinajstić information content (AvgIpc) is 2.80. The fourth-order valence-electron chi connectivity index (χ4n) is 2.42. The molecule has 94 valence electrons. The van der Waals surface area contributed by atoms with Crippen LogP contribution in [0.3, 0.4) is 0 Å². The van der Waals surface area contributed by atoms with Gasteiger partial charge in [0.25, 0.3) is 0 Å². The highest BCUT2D eigenvalue weighted by atomic mass is 16.4. The zero-order valence-electron chi connectivity index (χ0n) is 10.7. The third kappa shape index (κ3) is 2.31. The molecule has 1 aliphatic heterocycles. The summed E-state index contributed by atoms with van der Waals surface area (Å²) in [5.74, 6) is 1.91. The summed E-state index contributed by atoms with van der Waals surface area (Å²) in [6.07, 6.45) is 2.88. The van der Waals surface area contributed by atoms with Crippen molar-refractivity contribution in [2.75, 3.05) is 6.54 Å². The van der Waals surface area contributed by atoms with E-state index < -0.39 is 0 Å². The predicted octanol–water partition coefficient (Wildman–Crippen LogP) is 2.41. The molecular weight excluding hydrogens is 224 g/mol. The average molecular weight is 242 g/mol. The SMILES string of the molecule is Cc1ccccc1CCc1nc2c(o1)CNCC2. The molecule has 2 aromatic rings. The number of aryl methyl sites for hydroxylation is 3. The number of oxazole rings is 1. The number of benzene rings is 1. The molecule has 1 aromatic carbocycles. The number of hydrogen-bond acceptors (Lipinski definition) is 3. The van der Waals surface area contributed by atoms with Crippen LogP contribution in [0, 0.1) is 6.92 Å². The number of fused-ring (bicyclic) bond motifs is 1. The second-order valence-electron chi connectivity index (χ2n) is 4.83. The van der Waals surface area contributed by atoms with E-state index in [0.717, 1.165) is 49.7 Å². The number of nitrogens with one attached hydrogen (secondary N) is 1. The molecule has 1 aliphatic rings. The van der Waals surface area contributed by atoms with E-state index in [1.54, 1.807) is 0 Å². The number of hydrogen-bond donors (Lipinski definition) is 1. The van der Waals surface area contributed by atoms with Crippen molar-refractivity contribution in [3.05, 3.63) is 52.7 Å². The molecule has 0 radical (unpaired) electrons. The molecule has 0 aliphatic carbocycles. The van der Waals surface area contributed by atoms with E-state index in [0.29, 0.717) is 0 Å². The Hall–Kier alpha value is -1.61. The van der Waals surface area contributed by atoms with Crippen molar-refractivity contribution in [2.45, 2.75) is 32.7 Å². The van der Waals surface area contributed by atoms with Crippen molar-refractivity contribution in [1.29, 1.82) is 0 Å². The van der Waals surface area contributed by atoms with Crippen LogP contribution in [-0.2, 0) is 25.8 Å². The van der Waals surface area contributed by atoms with Crippen molar-refractivity contribution in [3.8, 4) is 0 Å². The van der Waals surface area contributed by atoms with Crippen LogP contribution < -0.4 is 5.32 Å². The summed E-state index contributed by atoms with van der Waals surface area (Å²) < 4.78 is 5.79. The van der Waals surface area contributed by atoms with Gasteiger partial charge in [-0.3, -0.25) is 0 Å². The highest BCUT2D eigenvalue weighted by Gasteiger charge is 2.16. The molecule has 1 aromatic heterocycles. The summed E-state index contributed by atoms with van der Waals surface area (Å²) in [6, 6.07) is 8.50. The van der Waals surface area contributed by atoms with Crippen LogP contribution in [-0.4, -0.2) is 11.5 Å². The van der Waals surface area contributed by atoms with Crippen molar-refractivity contribution in [3.63, 3.8) is 0 Å². The van der Waals surface area contributed by atoms with Crippen LogP contribution in [0.5, 0.6) is 0 Å². The van der Waals surface area contributed by atoms with Gasteiger partial charge in [0.15, 0.2) is 5.89 Å². The molecule has 2 heterocycles. The highest BCUT2D eigenvalue weighted by molar-refractivity contribution is 5.26. The van der Waals surface area contributed by atoms with Crippen molar-refractivity contribution >= 4 is 0 Å². The van der Waals surface area contributed by atoms with Gasteiger partial charge in [0.2, 0.25) is 0 Å². The lowest BCUT2D eigenvalue weighted by atomic mass is 10.0. The van der Waals surface area contributed by atoms with Gasteiger partial charge in [-0.05, 0) is 24.5 Å². The lowest BCUT2D eigenvalue weighted by Crippen LogP contribution is -2.22. The first-order valence-corrected chi connectivity index (χ1v) is 6.55. The Labute approximate surface area is 107 Å². The molecule has 18 heavy (non-hydrogen) atoms. The van der Waals surface area contributed by atoms with Gasteiger partial charge in [-0.1, -0.05) is 24.3 Å². The molecule has 0 unspecified atom stereocenters. The van der Waals surface area contributed by atoms with E-state index in [-0.39, 0.29) is 0 Å². The highest BCUT2D eigenvalue weighted by Crippen LogP contribution is 2.17. The van der Waals surface area contributed by atoms with Crippen molar-refractivity contribution in [1.82, 2.24) is 10.3 Å². The molecule has 0 fully saturated rings. The first-order valence-electron chi connectivity index (χ1n) is 6.55. The van der Waals surface area contributed by atoms with Gasteiger partial charge < -0.3 is 9.73 Å². The minimum Gasteiger partial charge on any atom is -0.444 e. The van der Waals surface area contributed by atoms with Gasteiger partial charge >= 0.3 is 0 Å². The molecule has 3 heteroatoms. The number of rotatable bonds is 3. The first-order chi connectivity index (χ1) is 8.83. The van der Waals surface area contributed by atoms with Gasteiger partial charge in [-0.15, -0.1) is 0 Å². The van der Waals surface area contributed by atoms with Gasteiger partial charge in [0.05, 0.1) is 12.2 Å². The third-order valence-electron chi connectivity index (χ3n) is 3.52. The van der Waals surface area contributed by atoms with E-state index in [2.05, 4.69) is 41.5 Å². The Kier molecular flexibility index (Phi) is 3.15. The molecular formula is C15H18N2O. The normalized spacial score (nSPS) is 14.5. The lowest BCUT2D eigenvalue weighted by molar-refractivity contribution is 0.428. The minimum absolute atomic E-state index is 0.826. The monoisotopic (exact) mass is 242 g/mol. The standard InChI is InChI=1S/C15H18N2O/c1-11-4-2-3-5-12(11)6-7-15-17-13-8-9-16-10-14(13)18-15/h2-5,16H,6-10H2,1H3. The summed E-state index contributed by atoms with van der Waals surface area (Å²) in [4.78, 5) is 4.59. The summed E-state index contributed by atoms with van der Waals surface area (Å²) in [5, 5.41) is 3.30. The van der Waals surface area contributed by atoms with Crippen LogP contribution in [0.4, 0.5) is 0 Å². The topological polar surface area (TPSA) is 38.1 Å².